The van der Waals surface area contributed by atoms with Gasteiger partial charge in [-0.2, -0.15) is 0 Å². The Balaban J connectivity index is 3.59. The van der Waals surface area contributed by atoms with Crippen LogP contribution in [0.5, 0.6) is 0 Å². The smallest absolute Gasteiger partial charge is 0.234 e. The van der Waals surface area contributed by atoms with Crippen LogP contribution in [0, 0.1) is 0 Å². The molecule has 0 aliphatic heterocycles. The zero-order valence-electron chi connectivity index (χ0n) is 8.54. The third-order valence-electron chi connectivity index (χ3n) is 1.55. The minimum Gasteiger partial charge on any atom is -0.368 e. The average molecular weight is 202 g/mol. The van der Waals surface area contributed by atoms with E-state index in [4.69, 9.17) is 11.5 Å². The number of hydrazine groups is 1. The molecule has 6 nitrogen and oxygen atoms in total. The Morgan fingerprint density at radius 1 is 1.36 bits per heavy atom. The molecule has 1 atom stereocenters. The van der Waals surface area contributed by atoms with Gasteiger partial charge in [-0.3, -0.25) is 15.0 Å². The van der Waals surface area contributed by atoms with Gasteiger partial charge in [0.25, 0.3) is 0 Å². The lowest BCUT2D eigenvalue weighted by Gasteiger charge is -2.10. The number of amides is 2. The molecule has 0 radical (unpaired) electrons. The molecular formula is C8H18N4O2. The van der Waals surface area contributed by atoms with Crippen LogP contribution in [0.2, 0.25) is 0 Å². The van der Waals surface area contributed by atoms with E-state index in [0.29, 0.717) is 0 Å². The Morgan fingerprint density at radius 3 is 2.36 bits per heavy atom. The molecule has 0 aromatic heterocycles. The van der Waals surface area contributed by atoms with Crippen molar-refractivity contribution >= 4 is 11.8 Å². The molecule has 0 aliphatic rings. The van der Waals surface area contributed by atoms with Crippen molar-refractivity contribution in [3.8, 4) is 0 Å². The Kier molecular flexibility index (Phi) is 5.82. The lowest BCUT2D eigenvalue weighted by atomic mass is 10.1. The molecule has 0 spiro atoms. The van der Waals surface area contributed by atoms with Gasteiger partial charge in [-0.05, 0) is 20.3 Å². The van der Waals surface area contributed by atoms with E-state index in [1.807, 2.05) is 13.8 Å². The van der Waals surface area contributed by atoms with Gasteiger partial charge in [0.2, 0.25) is 11.8 Å². The van der Waals surface area contributed by atoms with Gasteiger partial charge in [0.1, 0.15) is 0 Å². The zero-order valence-corrected chi connectivity index (χ0v) is 8.54. The van der Waals surface area contributed by atoms with E-state index in [2.05, 4.69) is 10.9 Å². The molecule has 0 aromatic rings. The molecule has 0 saturated heterocycles. The van der Waals surface area contributed by atoms with Crippen molar-refractivity contribution < 1.29 is 9.59 Å². The summed E-state index contributed by atoms with van der Waals surface area (Å²) in [7, 11) is 0. The Hall–Kier alpha value is -1.14. The maximum atomic E-state index is 11.1. The van der Waals surface area contributed by atoms with Crippen LogP contribution in [0.3, 0.4) is 0 Å². The second kappa shape index (κ2) is 6.33. The van der Waals surface area contributed by atoms with Crippen LogP contribution >= 0.6 is 0 Å². The first-order valence-electron chi connectivity index (χ1n) is 4.52. The van der Waals surface area contributed by atoms with Crippen LogP contribution in [0.25, 0.3) is 0 Å². The van der Waals surface area contributed by atoms with E-state index in [1.165, 1.54) is 0 Å². The number of hydrogen-bond acceptors (Lipinski definition) is 4. The molecule has 0 heterocycles. The van der Waals surface area contributed by atoms with Gasteiger partial charge in [0, 0.05) is 12.5 Å². The SMILES string of the molecule is CC(C)NNC(=O)CCC(N)C(N)=O. The summed E-state index contributed by atoms with van der Waals surface area (Å²) in [5.41, 5.74) is 15.5. The molecule has 6 heteroatoms. The third-order valence-corrected chi connectivity index (χ3v) is 1.55. The molecule has 14 heavy (non-hydrogen) atoms. The van der Waals surface area contributed by atoms with Gasteiger partial charge in [-0.15, -0.1) is 0 Å². The lowest BCUT2D eigenvalue weighted by Crippen LogP contribution is -2.43. The minimum atomic E-state index is -0.750. The Morgan fingerprint density at radius 2 is 1.93 bits per heavy atom. The highest BCUT2D eigenvalue weighted by Gasteiger charge is 2.11. The summed E-state index contributed by atoms with van der Waals surface area (Å²) < 4.78 is 0. The van der Waals surface area contributed by atoms with Crippen LogP contribution in [0.4, 0.5) is 0 Å². The summed E-state index contributed by atoms with van der Waals surface area (Å²) in [6, 6.07) is -0.580. The minimum absolute atomic E-state index is 0.170. The molecule has 6 N–H and O–H groups in total. The van der Waals surface area contributed by atoms with Gasteiger partial charge in [0.15, 0.2) is 0 Å². The van der Waals surface area contributed by atoms with Gasteiger partial charge < -0.3 is 11.5 Å². The second-order valence-corrected chi connectivity index (χ2v) is 3.39. The monoisotopic (exact) mass is 202 g/mol. The summed E-state index contributed by atoms with van der Waals surface area (Å²) in [5, 5.41) is 0. The first-order valence-corrected chi connectivity index (χ1v) is 4.52. The molecule has 0 aliphatic carbocycles. The highest BCUT2D eigenvalue weighted by molar-refractivity contribution is 5.81. The molecule has 0 bridgehead atoms. The molecular weight excluding hydrogens is 184 g/mol. The fraction of sp³-hybridized carbons (Fsp3) is 0.750. The Bertz CT molecular complexity index is 206. The maximum Gasteiger partial charge on any atom is 0.234 e. The van der Waals surface area contributed by atoms with E-state index < -0.39 is 11.9 Å². The highest BCUT2D eigenvalue weighted by Crippen LogP contribution is 1.93. The maximum absolute atomic E-state index is 11.1. The molecule has 0 fully saturated rings. The van der Waals surface area contributed by atoms with Gasteiger partial charge >= 0.3 is 0 Å². The van der Waals surface area contributed by atoms with Crippen molar-refractivity contribution in [3.05, 3.63) is 0 Å². The van der Waals surface area contributed by atoms with E-state index >= 15 is 0 Å². The summed E-state index contributed by atoms with van der Waals surface area (Å²) in [5.74, 6) is -0.787. The van der Waals surface area contributed by atoms with Crippen molar-refractivity contribution in [2.75, 3.05) is 0 Å². The first kappa shape index (κ1) is 12.9. The van der Waals surface area contributed by atoms with Gasteiger partial charge in [-0.1, -0.05) is 0 Å². The lowest BCUT2D eigenvalue weighted by molar-refractivity contribution is -0.123. The quantitative estimate of drug-likeness (QED) is 0.397. The first-order chi connectivity index (χ1) is 6.43. The van der Waals surface area contributed by atoms with Crippen LogP contribution in [0.15, 0.2) is 0 Å². The van der Waals surface area contributed by atoms with Crippen LogP contribution in [0.1, 0.15) is 26.7 Å². The molecule has 1 unspecified atom stereocenters. The molecule has 0 saturated carbocycles. The molecule has 82 valence electrons. The van der Waals surface area contributed by atoms with Crippen molar-refractivity contribution in [2.45, 2.75) is 38.8 Å². The normalized spacial score (nSPS) is 12.6. The standard InChI is InChI=1S/C8H18N4O2/c1-5(2)11-12-7(13)4-3-6(9)8(10)14/h5-6,11H,3-4,9H2,1-2H3,(H2,10,14)(H,12,13). The number of hydrogen-bond donors (Lipinski definition) is 4. The van der Waals surface area contributed by atoms with Crippen molar-refractivity contribution in [1.82, 2.24) is 10.9 Å². The predicted molar refractivity (Wildman–Crippen MR) is 52.8 cm³/mol. The molecule has 0 rings (SSSR count). The highest BCUT2D eigenvalue weighted by atomic mass is 16.2. The number of nitrogens with one attached hydrogen (secondary N) is 2. The Labute approximate surface area is 83.4 Å². The zero-order chi connectivity index (χ0) is 11.1. The summed E-state index contributed by atoms with van der Waals surface area (Å²) in [4.78, 5) is 21.6. The van der Waals surface area contributed by atoms with Gasteiger partial charge in [0.05, 0.1) is 6.04 Å². The van der Waals surface area contributed by atoms with E-state index in [0.717, 1.165) is 0 Å². The van der Waals surface area contributed by atoms with Crippen LogP contribution in [-0.2, 0) is 9.59 Å². The van der Waals surface area contributed by atoms with Crippen molar-refractivity contribution in [2.24, 2.45) is 11.5 Å². The predicted octanol–water partition coefficient (Wildman–Crippen LogP) is -1.39. The van der Waals surface area contributed by atoms with Crippen molar-refractivity contribution in [3.63, 3.8) is 0 Å². The third kappa shape index (κ3) is 6.38. The molecule has 2 amide bonds. The summed E-state index contributed by atoms with van der Waals surface area (Å²) in [6.45, 7) is 3.80. The van der Waals surface area contributed by atoms with Crippen molar-refractivity contribution in [1.29, 1.82) is 0 Å². The number of nitrogens with two attached hydrogens (primary N) is 2. The summed E-state index contributed by atoms with van der Waals surface area (Å²) in [6.07, 6.45) is 0.449. The largest absolute Gasteiger partial charge is 0.368 e. The topological polar surface area (TPSA) is 110 Å². The number of rotatable bonds is 6. The molecule has 0 aromatic carbocycles. The average Bonchev–Trinajstić information content (AvgIpc) is 2.10. The van der Waals surface area contributed by atoms with E-state index in [1.54, 1.807) is 0 Å². The second-order valence-electron chi connectivity index (χ2n) is 3.39. The number of carbonyl (C=O) groups excluding carboxylic acids is 2. The van der Waals surface area contributed by atoms with Crippen LogP contribution < -0.4 is 22.3 Å². The fourth-order valence-corrected chi connectivity index (χ4v) is 0.716. The fourth-order valence-electron chi connectivity index (χ4n) is 0.716. The number of primary amides is 1. The van der Waals surface area contributed by atoms with E-state index in [9.17, 15) is 9.59 Å². The van der Waals surface area contributed by atoms with E-state index in [-0.39, 0.29) is 24.8 Å². The summed E-state index contributed by atoms with van der Waals surface area (Å²) >= 11 is 0. The number of carbonyl (C=O) groups is 2. The van der Waals surface area contributed by atoms with Crippen LogP contribution in [-0.4, -0.2) is 23.9 Å². The van der Waals surface area contributed by atoms with Gasteiger partial charge in [-0.25, -0.2) is 5.43 Å².